The summed E-state index contributed by atoms with van der Waals surface area (Å²) in [7, 11) is -0.863. The van der Waals surface area contributed by atoms with Crippen molar-refractivity contribution in [1.82, 2.24) is 4.31 Å². The van der Waals surface area contributed by atoms with Crippen LogP contribution in [-0.4, -0.2) is 45.3 Å². The van der Waals surface area contributed by atoms with Gasteiger partial charge in [-0.3, -0.25) is 4.79 Å². The lowest BCUT2D eigenvalue weighted by Gasteiger charge is -2.17. The molecule has 1 amide bonds. The van der Waals surface area contributed by atoms with Crippen LogP contribution in [0.2, 0.25) is 5.02 Å². The van der Waals surface area contributed by atoms with Gasteiger partial charge in [0.1, 0.15) is 0 Å². The summed E-state index contributed by atoms with van der Waals surface area (Å²) >= 11 is 6.05. The third-order valence-electron chi connectivity index (χ3n) is 3.99. The van der Waals surface area contributed by atoms with Crippen LogP contribution < -0.4 is 5.32 Å². The Labute approximate surface area is 169 Å². The molecule has 0 atom stereocenters. The molecule has 0 aliphatic carbocycles. The van der Waals surface area contributed by atoms with Crippen LogP contribution in [0.25, 0.3) is 0 Å². The van der Waals surface area contributed by atoms with Crippen molar-refractivity contribution in [3.63, 3.8) is 0 Å². The Bertz CT molecular complexity index is 948. The first kappa shape index (κ1) is 21.9. The Hall–Kier alpha value is -2.42. The van der Waals surface area contributed by atoms with Crippen LogP contribution in [-0.2, 0) is 19.6 Å². The molecular weight excluding hydrogens is 404 g/mol. The molecule has 0 aliphatic heterocycles. The molecule has 2 aromatic rings. The van der Waals surface area contributed by atoms with Crippen LogP contribution in [0.5, 0.6) is 0 Å². The van der Waals surface area contributed by atoms with Crippen molar-refractivity contribution in [2.24, 2.45) is 0 Å². The Kier molecular flexibility index (Phi) is 7.56. The fourth-order valence-electron chi connectivity index (χ4n) is 2.43. The van der Waals surface area contributed by atoms with Crippen LogP contribution in [0.4, 0.5) is 5.69 Å². The number of nitrogens with one attached hydrogen (secondary N) is 1. The van der Waals surface area contributed by atoms with E-state index in [-0.39, 0.29) is 34.4 Å². The maximum absolute atomic E-state index is 12.4. The summed E-state index contributed by atoms with van der Waals surface area (Å²) < 4.78 is 30.7. The Morgan fingerprint density at radius 2 is 1.82 bits per heavy atom. The molecular formula is C19H21ClN2O5S. The molecule has 0 spiro atoms. The summed E-state index contributed by atoms with van der Waals surface area (Å²) in [4.78, 5) is 23.9. The van der Waals surface area contributed by atoms with E-state index in [1.807, 2.05) is 0 Å². The molecule has 0 bridgehead atoms. The number of carbonyl (C=O) groups excluding carboxylic acids is 2. The summed E-state index contributed by atoms with van der Waals surface area (Å²) in [6.07, 6.45) is 0.413. The van der Waals surface area contributed by atoms with Gasteiger partial charge in [-0.05, 0) is 36.8 Å². The molecule has 0 radical (unpaired) electrons. The third-order valence-corrected chi connectivity index (χ3v) is 6.19. The van der Waals surface area contributed by atoms with E-state index in [1.165, 1.54) is 48.8 Å². The van der Waals surface area contributed by atoms with Crippen molar-refractivity contribution in [2.45, 2.75) is 17.7 Å². The minimum absolute atomic E-state index is 0.0907. The number of ether oxygens (including phenoxy) is 1. The minimum Gasteiger partial charge on any atom is -0.465 e. The molecule has 9 heteroatoms. The number of anilines is 1. The van der Waals surface area contributed by atoms with E-state index < -0.39 is 16.0 Å². The minimum atomic E-state index is -3.59. The molecule has 0 unspecified atom stereocenters. The highest BCUT2D eigenvalue weighted by Crippen LogP contribution is 2.24. The van der Waals surface area contributed by atoms with Crippen molar-refractivity contribution in [1.29, 1.82) is 0 Å². The van der Waals surface area contributed by atoms with Crippen molar-refractivity contribution < 1.29 is 22.7 Å². The Balaban J connectivity index is 1.92. The molecule has 2 aromatic carbocycles. The SMILES string of the molecule is COC(=O)c1ccc(Cl)c(NC(=O)CCCN(C)S(=O)(=O)c2ccccc2)c1. The van der Waals surface area contributed by atoms with Gasteiger partial charge >= 0.3 is 5.97 Å². The zero-order valence-corrected chi connectivity index (χ0v) is 17.1. The highest BCUT2D eigenvalue weighted by Gasteiger charge is 2.20. The van der Waals surface area contributed by atoms with Gasteiger partial charge in [-0.25, -0.2) is 17.5 Å². The molecule has 0 aromatic heterocycles. The number of amides is 1. The lowest BCUT2D eigenvalue weighted by molar-refractivity contribution is -0.116. The van der Waals surface area contributed by atoms with E-state index in [2.05, 4.69) is 10.1 Å². The van der Waals surface area contributed by atoms with E-state index in [0.29, 0.717) is 12.1 Å². The Morgan fingerprint density at radius 1 is 1.14 bits per heavy atom. The highest BCUT2D eigenvalue weighted by atomic mass is 35.5. The number of carbonyl (C=O) groups is 2. The molecule has 28 heavy (non-hydrogen) atoms. The van der Waals surface area contributed by atoms with Gasteiger partial charge in [-0.2, -0.15) is 0 Å². The van der Waals surface area contributed by atoms with Crippen LogP contribution in [0.15, 0.2) is 53.4 Å². The second-order valence-electron chi connectivity index (χ2n) is 5.98. The van der Waals surface area contributed by atoms with Gasteiger partial charge in [0.25, 0.3) is 0 Å². The molecule has 2 rings (SSSR count). The average Bonchev–Trinajstić information content (AvgIpc) is 2.69. The summed E-state index contributed by atoms with van der Waals surface area (Å²) in [5.74, 6) is -0.880. The summed E-state index contributed by atoms with van der Waals surface area (Å²) in [5, 5.41) is 2.91. The monoisotopic (exact) mass is 424 g/mol. The number of hydrogen-bond donors (Lipinski definition) is 1. The first-order chi connectivity index (χ1) is 13.3. The molecule has 7 nitrogen and oxygen atoms in total. The van der Waals surface area contributed by atoms with E-state index >= 15 is 0 Å². The summed E-state index contributed by atoms with van der Waals surface area (Å²) in [5.41, 5.74) is 0.552. The first-order valence-electron chi connectivity index (χ1n) is 8.45. The van der Waals surface area contributed by atoms with Crippen LogP contribution >= 0.6 is 11.6 Å². The van der Waals surface area contributed by atoms with E-state index in [0.717, 1.165) is 0 Å². The van der Waals surface area contributed by atoms with Crippen LogP contribution in [0, 0.1) is 0 Å². The lowest BCUT2D eigenvalue weighted by atomic mass is 10.2. The standard InChI is InChI=1S/C19H21ClN2O5S/c1-22(28(25,26)15-7-4-3-5-8-15)12-6-9-18(23)21-17-13-14(19(24)27-2)10-11-16(17)20/h3-5,7-8,10-11,13H,6,9,12H2,1-2H3,(H,21,23). The van der Waals surface area contributed by atoms with E-state index in [1.54, 1.807) is 18.2 Å². The fraction of sp³-hybridized carbons (Fsp3) is 0.263. The van der Waals surface area contributed by atoms with Crippen molar-refractivity contribution in [2.75, 3.05) is 26.0 Å². The topological polar surface area (TPSA) is 92.8 Å². The number of hydrogen-bond acceptors (Lipinski definition) is 5. The second-order valence-corrected chi connectivity index (χ2v) is 8.43. The largest absolute Gasteiger partial charge is 0.465 e. The van der Waals surface area contributed by atoms with Crippen molar-refractivity contribution in [3.8, 4) is 0 Å². The molecule has 0 aliphatic rings. The number of rotatable bonds is 8. The predicted molar refractivity (Wildman–Crippen MR) is 107 cm³/mol. The third kappa shape index (κ3) is 5.54. The smallest absolute Gasteiger partial charge is 0.337 e. The van der Waals surface area contributed by atoms with Gasteiger partial charge in [0.05, 0.1) is 28.3 Å². The number of esters is 1. The maximum atomic E-state index is 12.4. The fourth-order valence-corrected chi connectivity index (χ4v) is 3.83. The molecule has 0 fully saturated rings. The van der Waals surface area contributed by atoms with Crippen molar-refractivity contribution in [3.05, 3.63) is 59.1 Å². The van der Waals surface area contributed by atoms with Gasteiger partial charge in [-0.1, -0.05) is 29.8 Å². The van der Waals surface area contributed by atoms with Crippen LogP contribution in [0.1, 0.15) is 23.2 Å². The molecule has 150 valence electrons. The summed E-state index contributed by atoms with van der Waals surface area (Å²) in [6.45, 7) is 0.181. The predicted octanol–water partition coefficient (Wildman–Crippen LogP) is 3.17. The number of methoxy groups -OCH3 is 1. The number of benzene rings is 2. The number of nitrogens with zero attached hydrogens (tertiary/aromatic N) is 1. The van der Waals surface area contributed by atoms with E-state index in [9.17, 15) is 18.0 Å². The van der Waals surface area contributed by atoms with Gasteiger partial charge in [-0.15, -0.1) is 0 Å². The number of sulfonamides is 1. The first-order valence-corrected chi connectivity index (χ1v) is 10.3. The van der Waals surface area contributed by atoms with Gasteiger partial charge < -0.3 is 10.1 Å². The number of halogens is 1. The lowest BCUT2D eigenvalue weighted by Crippen LogP contribution is -2.28. The zero-order valence-electron chi connectivity index (χ0n) is 15.5. The average molecular weight is 425 g/mol. The molecule has 0 saturated heterocycles. The molecule has 0 saturated carbocycles. The second kappa shape index (κ2) is 9.68. The zero-order chi connectivity index (χ0) is 20.7. The summed E-state index contributed by atoms with van der Waals surface area (Å²) in [6, 6.07) is 12.5. The van der Waals surface area contributed by atoms with Crippen LogP contribution in [0.3, 0.4) is 0 Å². The Morgan fingerprint density at radius 3 is 2.46 bits per heavy atom. The highest BCUT2D eigenvalue weighted by molar-refractivity contribution is 7.89. The quantitative estimate of drug-likeness (QED) is 0.657. The molecule has 1 N–H and O–H groups in total. The maximum Gasteiger partial charge on any atom is 0.337 e. The van der Waals surface area contributed by atoms with Gasteiger partial charge in [0.15, 0.2) is 0 Å². The van der Waals surface area contributed by atoms with Gasteiger partial charge in [0, 0.05) is 20.0 Å². The molecule has 0 heterocycles. The normalized spacial score (nSPS) is 11.3. The van der Waals surface area contributed by atoms with Crippen molar-refractivity contribution >= 4 is 39.2 Å². The van der Waals surface area contributed by atoms with Gasteiger partial charge in [0.2, 0.25) is 15.9 Å². The van der Waals surface area contributed by atoms with E-state index in [4.69, 9.17) is 11.6 Å².